The highest BCUT2D eigenvalue weighted by Crippen LogP contribution is 2.16. The maximum atomic E-state index is 11.2. The largest absolute Gasteiger partial charge is 0.478 e. The molecule has 0 amide bonds. The van der Waals surface area contributed by atoms with E-state index in [1.54, 1.807) is 6.07 Å². The SMILES string of the molecule is CCc1cccc(CCc2cc(C)ccc2C(=O)O)c1. The van der Waals surface area contributed by atoms with E-state index in [4.69, 9.17) is 0 Å². The van der Waals surface area contributed by atoms with Gasteiger partial charge < -0.3 is 5.11 Å². The van der Waals surface area contributed by atoms with E-state index in [1.165, 1.54) is 11.1 Å². The Labute approximate surface area is 120 Å². The summed E-state index contributed by atoms with van der Waals surface area (Å²) in [5.41, 5.74) is 5.03. The highest BCUT2D eigenvalue weighted by molar-refractivity contribution is 5.89. The molecule has 2 heteroatoms. The van der Waals surface area contributed by atoms with Gasteiger partial charge in [0.05, 0.1) is 5.56 Å². The van der Waals surface area contributed by atoms with Crippen molar-refractivity contribution in [3.8, 4) is 0 Å². The zero-order valence-corrected chi connectivity index (χ0v) is 12.0. The van der Waals surface area contributed by atoms with Crippen LogP contribution in [-0.2, 0) is 19.3 Å². The molecule has 20 heavy (non-hydrogen) atoms. The minimum absolute atomic E-state index is 0.419. The van der Waals surface area contributed by atoms with Gasteiger partial charge in [0.25, 0.3) is 0 Å². The molecule has 2 nitrogen and oxygen atoms in total. The van der Waals surface area contributed by atoms with Gasteiger partial charge in [-0.3, -0.25) is 0 Å². The Hall–Kier alpha value is -2.09. The maximum absolute atomic E-state index is 11.2. The smallest absolute Gasteiger partial charge is 0.335 e. The number of hydrogen-bond acceptors (Lipinski definition) is 1. The Kier molecular flexibility index (Phi) is 4.57. The minimum Gasteiger partial charge on any atom is -0.478 e. The first-order chi connectivity index (χ1) is 9.60. The van der Waals surface area contributed by atoms with E-state index in [-0.39, 0.29) is 0 Å². The lowest BCUT2D eigenvalue weighted by Gasteiger charge is -2.08. The van der Waals surface area contributed by atoms with Crippen LogP contribution >= 0.6 is 0 Å². The molecule has 0 heterocycles. The van der Waals surface area contributed by atoms with Crippen LogP contribution in [0.25, 0.3) is 0 Å². The van der Waals surface area contributed by atoms with Gasteiger partial charge in [0, 0.05) is 0 Å². The van der Waals surface area contributed by atoms with Crippen LogP contribution in [0.3, 0.4) is 0 Å². The third-order valence-corrected chi connectivity index (χ3v) is 3.57. The molecule has 2 aromatic carbocycles. The van der Waals surface area contributed by atoms with Gasteiger partial charge in [-0.05, 0) is 48.9 Å². The molecule has 0 saturated carbocycles. The van der Waals surface area contributed by atoms with Crippen molar-refractivity contribution in [1.29, 1.82) is 0 Å². The first-order valence-corrected chi connectivity index (χ1v) is 7.00. The molecule has 0 fully saturated rings. The van der Waals surface area contributed by atoms with Gasteiger partial charge in [0.15, 0.2) is 0 Å². The molecule has 0 bridgehead atoms. The summed E-state index contributed by atoms with van der Waals surface area (Å²) in [5.74, 6) is -0.845. The fraction of sp³-hybridized carbons (Fsp3) is 0.278. The summed E-state index contributed by atoms with van der Waals surface area (Å²) in [5, 5.41) is 9.24. The molecule has 2 aromatic rings. The third-order valence-electron chi connectivity index (χ3n) is 3.57. The number of rotatable bonds is 5. The van der Waals surface area contributed by atoms with Gasteiger partial charge in [0.1, 0.15) is 0 Å². The van der Waals surface area contributed by atoms with Gasteiger partial charge >= 0.3 is 5.97 Å². The third kappa shape index (κ3) is 3.47. The fourth-order valence-corrected chi connectivity index (χ4v) is 2.42. The molecule has 1 N–H and O–H groups in total. The number of carbonyl (C=O) groups is 1. The van der Waals surface area contributed by atoms with Crippen molar-refractivity contribution >= 4 is 5.97 Å². The van der Waals surface area contributed by atoms with Crippen LogP contribution in [0.5, 0.6) is 0 Å². The first-order valence-electron chi connectivity index (χ1n) is 7.00. The lowest BCUT2D eigenvalue weighted by Crippen LogP contribution is -2.04. The Morgan fingerprint density at radius 1 is 1.05 bits per heavy atom. The molecule has 104 valence electrons. The summed E-state index contributed by atoms with van der Waals surface area (Å²) < 4.78 is 0. The molecule has 0 aliphatic rings. The lowest BCUT2D eigenvalue weighted by molar-refractivity contribution is 0.0695. The Morgan fingerprint density at radius 2 is 1.80 bits per heavy atom. The van der Waals surface area contributed by atoms with Gasteiger partial charge in [-0.25, -0.2) is 4.79 Å². The second-order valence-corrected chi connectivity index (χ2v) is 5.14. The van der Waals surface area contributed by atoms with Crippen molar-refractivity contribution in [2.45, 2.75) is 33.1 Å². The zero-order chi connectivity index (χ0) is 14.5. The molecule has 0 atom stereocenters. The number of benzene rings is 2. The van der Waals surface area contributed by atoms with E-state index in [9.17, 15) is 9.90 Å². The topological polar surface area (TPSA) is 37.3 Å². The van der Waals surface area contributed by atoms with E-state index in [0.29, 0.717) is 5.56 Å². The molecule has 0 aliphatic carbocycles. The van der Waals surface area contributed by atoms with Crippen LogP contribution in [0.1, 0.15) is 39.5 Å². The minimum atomic E-state index is -0.845. The molecule has 0 aliphatic heterocycles. The summed E-state index contributed by atoms with van der Waals surface area (Å²) in [6.07, 6.45) is 2.66. The highest BCUT2D eigenvalue weighted by Gasteiger charge is 2.10. The second kappa shape index (κ2) is 6.38. The van der Waals surface area contributed by atoms with E-state index in [0.717, 1.165) is 30.4 Å². The summed E-state index contributed by atoms with van der Waals surface area (Å²) in [6.45, 7) is 4.13. The maximum Gasteiger partial charge on any atom is 0.335 e. The number of carboxylic acid groups (broad SMARTS) is 1. The molecule has 0 aromatic heterocycles. The molecule has 0 spiro atoms. The highest BCUT2D eigenvalue weighted by atomic mass is 16.4. The molecule has 0 unspecified atom stereocenters. The van der Waals surface area contributed by atoms with Crippen molar-refractivity contribution in [3.05, 3.63) is 70.3 Å². The lowest BCUT2D eigenvalue weighted by atomic mass is 9.97. The summed E-state index contributed by atoms with van der Waals surface area (Å²) in [4.78, 5) is 11.2. The number of aromatic carboxylic acids is 1. The van der Waals surface area contributed by atoms with Gasteiger partial charge in [-0.1, -0.05) is 48.9 Å². The molecule has 0 radical (unpaired) electrons. The Bertz CT molecular complexity index is 615. The first kappa shape index (κ1) is 14.3. The molecular formula is C18H20O2. The normalized spacial score (nSPS) is 10.5. The van der Waals surface area contributed by atoms with Gasteiger partial charge in [-0.15, -0.1) is 0 Å². The predicted molar refractivity (Wildman–Crippen MR) is 81.4 cm³/mol. The van der Waals surface area contributed by atoms with E-state index >= 15 is 0 Å². The van der Waals surface area contributed by atoms with Crippen LogP contribution < -0.4 is 0 Å². The number of aryl methyl sites for hydroxylation is 4. The van der Waals surface area contributed by atoms with E-state index < -0.39 is 5.97 Å². The van der Waals surface area contributed by atoms with E-state index in [2.05, 4.69) is 31.2 Å². The van der Waals surface area contributed by atoms with Gasteiger partial charge in [-0.2, -0.15) is 0 Å². The quantitative estimate of drug-likeness (QED) is 0.888. The van der Waals surface area contributed by atoms with Crippen LogP contribution in [0.2, 0.25) is 0 Å². The molecule has 0 saturated heterocycles. The van der Waals surface area contributed by atoms with Crippen LogP contribution in [0.15, 0.2) is 42.5 Å². The monoisotopic (exact) mass is 268 g/mol. The van der Waals surface area contributed by atoms with Crippen molar-refractivity contribution in [2.75, 3.05) is 0 Å². The Morgan fingerprint density at radius 3 is 2.50 bits per heavy atom. The van der Waals surface area contributed by atoms with Crippen LogP contribution in [-0.4, -0.2) is 11.1 Å². The number of carboxylic acids is 1. The fourth-order valence-electron chi connectivity index (χ4n) is 2.42. The molecular weight excluding hydrogens is 248 g/mol. The summed E-state index contributed by atoms with van der Waals surface area (Å²) in [6, 6.07) is 14.0. The Balaban J connectivity index is 2.17. The summed E-state index contributed by atoms with van der Waals surface area (Å²) >= 11 is 0. The number of hydrogen-bond donors (Lipinski definition) is 1. The second-order valence-electron chi connectivity index (χ2n) is 5.14. The van der Waals surface area contributed by atoms with Gasteiger partial charge in [0.2, 0.25) is 0 Å². The molecule has 2 rings (SSSR count). The van der Waals surface area contributed by atoms with Crippen LogP contribution in [0.4, 0.5) is 0 Å². The zero-order valence-electron chi connectivity index (χ0n) is 12.0. The predicted octanol–water partition coefficient (Wildman–Crippen LogP) is 4.04. The van der Waals surface area contributed by atoms with Crippen LogP contribution in [0, 0.1) is 6.92 Å². The average Bonchev–Trinajstić information content (AvgIpc) is 2.45. The van der Waals surface area contributed by atoms with Crippen molar-refractivity contribution in [1.82, 2.24) is 0 Å². The van der Waals surface area contributed by atoms with Crippen molar-refractivity contribution < 1.29 is 9.90 Å². The summed E-state index contributed by atoms with van der Waals surface area (Å²) in [7, 11) is 0. The standard InChI is InChI=1S/C18H20O2/c1-3-14-5-4-6-15(12-14)8-9-16-11-13(2)7-10-17(16)18(19)20/h4-7,10-12H,3,8-9H2,1-2H3,(H,19,20). The van der Waals surface area contributed by atoms with E-state index in [1.807, 2.05) is 19.1 Å². The van der Waals surface area contributed by atoms with Crippen molar-refractivity contribution in [3.63, 3.8) is 0 Å². The average molecular weight is 268 g/mol. The van der Waals surface area contributed by atoms with Crippen molar-refractivity contribution in [2.24, 2.45) is 0 Å².